The number of hydrogen-bond acceptors (Lipinski definition) is 8. The van der Waals surface area contributed by atoms with Crippen molar-refractivity contribution in [3.8, 4) is 0 Å². The highest BCUT2D eigenvalue weighted by Gasteiger charge is 2.15. The van der Waals surface area contributed by atoms with E-state index in [1.54, 1.807) is 11.9 Å². The highest BCUT2D eigenvalue weighted by atomic mass is 35.5. The molecule has 0 aliphatic rings. The summed E-state index contributed by atoms with van der Waals surface area (Å²) in [6.45, 7) is 13.3. The second-order valence-electron chi connectivity index (χ2n) is 18.2. The first-order valence-electron chi connectivity index (χ1n) is 26.5. The molecule has 1 atom stereocenters. The van der Waals surface area contributed by atoms with Gasteiger partial charge in [0.25, 0.3) is 0 Å². The summed E-state index contributed by atoms with van der Waals surface area (Å²) in [6, 6.07) is 3.89. The molecule has 1 aromatic rings. The Labute approximate surface area is 393 Å². The number of carbonyl (C=O) groups is 2. The second kappa shape index (κ2) is 44.8. The van der Waals surface area contributed by atoms with Gasteiger partial charge in [0.2, 0.25) is 0 Å². The van der Waals surface area contributed by atoms with Gasteiger partial charge in [-0.1, -0.05) is 192 Å². The van der Waals surface area contributed by atoms with Gasteiger partial charge in [-0.25, -0.2) is 4.98 Å². The molecule has 1 N–H and O–H groups in total. The fraction of sp³-hybridized carbons (Fsp3) is 0.868. The monoisotopic (exact) mass is 908 g/mol. The summed E-state index contributed by atoms with van der Waals surface area (Å²) in [6.07, 6.45) is 42.6. The third-order valence-electron chi connectivity index (χ3n) is 12.3. The average Bonchev–Trinajstić information content (AvgIpc) is 3.27. The quantitative estimate of drug-likeness (QED) is 0.0300. The number of unbranched alkanes of at least 4 members (excludes halogenated alkanes) is 23. The fourth-order valence-electron chi connectivity index (χ4n) is 8.23. The van der Waals surface area contributed by atoms with Gasteiger partial charge >= 0.3 is 11.9 Å². The molecule has 0 aliphatic heterocycles. The van der Waals surface area contributed by atoms with E-state index in [0.717, 1.165) is 89.7 Å². The Balaban J connectivity index is 2.38. The number of hydrogen-bond donors (Lipinski definition) is 1. The van der Waals surface area contributed by atoms with Crippen molar-refractivity contribution in [3.63, 3.8) is 0 Å². The maximum Gasteiger partial charge on any atom is 0.306 e. The summed E-state index contributed by atoms with van der Waals surface area (Å²) in [5, 5.41) is 0.534. The van der Waals surface area contributed by atoms with E-state index in [9.17, 15) is 9.59 Å². The van der Waals surface area contributed by atoms with Gasteiger partial charge in [-0.3, -0.25) is 14.3 Å². The van der Waals surface area contributed by atoms with E-state index in [1.807, 2.05) is 18.3 Å². The van der Waals surface area contributed by atoms with Crippen LogP contribution in [0.15, 0.2) is 18.3 Å². The van der Waals surface area contributed by atoms with Gasteiger partial charge in [-0.2, -0.15) is 0 Å². The van der Waals surface area contributed by atoms with E-state index >= 15 is 0 Å². The molecule has 0 amide bonds. The van der Waals surface area contributed by atoms with Crippen molar-refractivity contribution >= 4 is 35.5 Å². The lowest BCUT2D eigenvalue weighted by Gasteiger charge is -2.22. The molecule has 1 rings (SSSR count). The smallest absolute Gasteiger partial charge is 0.306 e. The van der Waals surface area contributed by atoms with E-state index in [0.29, 0.717) is 18.0 Å². The van der Waals surface area contributed by atoms with Gasteiger partial charge in [0, 0.05) is 31.3 Å². The summed E-state index contributed by atoms with van der Waals surface area (Å²) >= 11 is 7.68. The number of halogens is 1. The molecule has 62 heavy (non-hydrogen) atoms. The molecule has 0 aromatic carbocycles. The number of aromatic nitrogens is 1. The summed E-state index contributed by atoms with van der Waals surface area (Å²) in [4.78, 5) is 32.3. The van der Waals surface area contributed by atoms with Gasteiger partial charge < -0.3 is 14.4 Å². The van der Waals surface area contributed by atoms with E-state index in [4.69, 9.17) is 21.1 Å². The fourth-order valence-corrected chi connectivity index (χ4v) is 9.07. The van der Waals surface area contributed by atoms with Crippen LogP contribution in [-0.4, -0.2) is 60.2 Å². The largest absolute Gasteiger partial charge is 0.462 e. The number of pyridine rings is 1. The summed E-state index contributed by atoms with van der Waals surface area (Å²) in [5.41, 5.74) is 1.17. The summed E-state index contributed by atoms with van der Waals surface area (Å²) in [5.74, 6) is 0.899. The molecule has 1 unspecified atom stereocenters. The minimum Gasteiger partial charge on any atom is -0.462 e. The van der Waals surface area contributed by atoms with Crippen molar-refractivity contribution in [2.45, 2.75) is 270 Å². The Kier molecular flexibility index (Phi) is 42.4. The van der Waals surface area contributed by atoms with Crippen LogP contribution in [0.5, 0.6) is 0 Å². The Morgan fingerprint density at radius 1 is 0.565 bits per heavy atom. The van der Waals surface area contributed by atoms with Crippen molar-refractivity contribution in [3.05, 3.63) is 29.0 Å². The summed E-state index contributed by atoms with van der Waals surface area (Å²) < 4.78 is 15.5. The maximum absolute atomic E-state index is 12.9. The number of nitrogens with zero attached hydrogens (tertiary/aromatic N) is 2. The lowest BCUT2D eigenvalue weighted by atomic mass is 10.0. The Morgan fingerprint density at radius 2 is 0.984 bits per heavy atom. The van der Waals surface area contributed by atoms with Gasteiger partial charge in [0.15, 0.2) is 0 Å². The third kappa shape index (κ3) is 38.0. The van der Waals surface area contributed by atoms with Crippen LogP contribution in [0.2, 0.25) is 5.15 Å². The van der Waals surface area contributed by atoms with Crippen molar-refractivity contribution in [1.29, 1.82) is 0 Å². The molecule has 0 saturated heterocycles. The first kappa shape index (κ1) is 58.7. The van der Waals surface area contributed by atoms with Crippen LogP contribution >= 0.6 is 23.5 Å². The van der Waals surface area contributed by atoms with Gasteiger partial charge in [-0.15, -0.1) is 0 Å². The predicted octanol–water partition coefficient (Wildman–Crippen LogP) is 16.3. The number of nitrogens with one attached hydrogen (secondary N) is 1. The van der Waals surface area contributed by atoms with Crippen LogP contribution < -0.4 is 4.72 Å². The van der Waals surface area contributed by atoms with Crippen molar-refractivity contribution in [2.75, 3.05) is 26.2 Å². The molecule has 0 radical (unpaired) electrons. The zero-order valence-corrected chi connectivity index (χ0v) is 42.6. The van der Waals surface area contributed by atoms with Crippen molar-refractivity contribution in [2.24, 2.45) is 0 Å². The normalized spacial score (nSPS) is 12.1. The first-order valence-corrected chi connectivity index (χ1v) is 27.8. The van der Waals surface area contributed by atoms with E-state index in [-0.39, 0.29) is 24.1 Å². The van der Waals surface area contributed by atoms with Crippen LogP contribution in [0.4, 0.5) is 0 Å². The predicted molar refractivity (Wildman–Crippen MR) is 269 cm³/mol. The molecule has 9 heteroatoms. The molecule has 0 bridgehead atoms. The number of rotatable bonds is 47. The second-order valence-corrected chi connectivity index (χ2v) is 19.5. The first-order chi connectivity index (χ1) is 30.4. The molecule has 362 valence electrons. The highest BCUT2D eigenvalue weighted by Crippen LogP contribution is 2.19. The van der Waals surface area contributed by atoms with Gasteiger partial charge in [0.05, 0.1) is 0 Å². The zero-order chi connectivity index (χ0) is 45.0. The molecule has 1 heterocycles. The zero-order valence-electron chi connectivity index (χ0n) is 41.0. The summed E-state index contributed by atoms with van der Waals surface area (Å²) in [7, 11) is 0. The van der Waals surface area contributed by atoms with Gasteiger partial charge in [-0.05, 0) is 108 Å². The minimum atomic E-state index is -0.00297. The standard InChI is InChI=1S/C53H98ClN3O4S/c1-5-9-12-15-20-27-35-49(8-4)60-52(58)38-30-23-18-25-32-43-57(45-34-42-56-62-47-48-40-41-51(54)55-46-48)44-33-26-19-24-31-39-53(59)61-50(36-28-21-16-13-10-6-2)37-29-22-17-14-11-7-3/h40-41,46,49-50,56H,5-39,42-45,47H2,1-4H3. The van der Waals surface area contributed by atoms with Crippen LogP contribution in [0.3, 0.4) is 0 Å². The molecule has 1 aromatic heterocycles. The van der Waals surface area contributed by atoms with Crippen LogP contribution in [-0.2, 0) is 24.8 Å². The number of ether oxygens (including phenoxy) is 2. The molecule has 0 saturated carbocycles. The topological polar surface area (TPSA) is 80.8 Å². The van der Waals surface area contributed by atoms with Crippen molar-refractivity contribution < 1.29 is 19.1 Å². The average molecular weight is 909 g/mol. The van der Waals surface area contributed by atoms with Crippen molar-refractivity contribution in [1.82, 2.24) is 14.6 Å². The van der Waals surface area contributed by atoms with E-state index in [1.165, 1.54) is 160 Å². The Hall–Kier alpha value is -1.35. The van der Waals surface area contributed by atoms with E-state index in [2.05, 4.69) is 42.3 Å². The SMILES string of the molecule is CCCCCCCCC(CC)OC(=O)CCCCCCCN(CCCCCCCC(=O)OC(CCCCCCCC)CCCCCCCC)CCCNSCc1ccc(Cl)nc1. The highest BCUT2D eigenvalue weighted by molar-refractivity contribution is 7.96. The minimum absolute atomic E-state index is 0.00297. The molecule has 0 spiro atoms. The Morgan fingerprint density at radius 3 is 1.45 bits per heavy atom. The number of carbonyl (C=O) groups excluding carboxylic acids is 2. The third-order valence-corrected chi connectivity index (χ3v) is 13.4. The number of esters is 2. The lowest BCUT2D eigenvalue weighted by Crippen LogP contribution is -2.29. The van der Waals surface area contributed by atoms with Crippen LogP contribution in [0.1, 0.15) is 258 Å². The molecule has 0 aliphatic carbocycles. The molecule has 7 nitrogen and oxygen atoms in total. The van der Waals surface area contributed by atoms with Crippen LogP contribution in [0.25, 0.3) is 0 Å². The van der Waals surface area contributed by atoms with E-state index < -0.39 is 0 Å². The molecular formula is C53H98ClN3O4S. The maximum atomic E-state index is 12.9. The molecular weight excluding hydrogens is 810 g/mol. The lowest BCUT2D eigenvalue weighted by molar-refractivity contribution is -0.150. The van der Waals surface area contributed by atoms with Crippen LogP contribution in [0, 0.1) is 0 Å². The Bertz CT molecular complexity index is 1110. The molecule has 0 fully saturated rings. The van der Waals surface area contributed by atoms with Gasteiger partial charge in [0.1, 0.15) is 17.4 Å².